The van der Waals surface area contributed by atoms with E-state index in [-0.39, 0.29) is 11.8 Å². The number of nitrogens with zero attached hydrogens (tertiary/aromatic N) is 2. The Hall–Kier alpha value is -3.22. The molecule has 1 saturated heterocycles. The highest BCUT2D eigenvalue weighted by atomic mass is 32.2. The van der Waals surface area contributed by atoms with Crippen molar-refractivity contribution in [3.05, 3.63) is 84.9 Å². The summed E-state index contributed by atoms with van der Waals surface area (Å²) in [4.78, 5) is 15.2. The molecule has 0 spiro atoms. The number of carbonyl (C=O) groups excluding carboxylic acids is 1. The summed E-state index contributed by atoms with van der Waals surface area (Å²) in [6, 6.07) is 27.0. The van der Waals surface area contributed by atoms with Crippen LogP contribution in [0.3, 0.4) is 0 Å². The topological polar surface area (TPSA) is 57.7 Å². The van der Waals surface area contributed by atoms with Crippen molar-refractivity contribution in [2.75, 3.05) is 25.0 Å². The first-order valence-corrected chi connectivity index (χ1v) is 12.6. The van der Waals surface area contributed by atoms with E-state index in [1.807, 2.05) is 72.8 Å². The van der Waals surface area contributed by atoms with Gasteiger partial charge in [0.15, 0.2) is 0 Å². The molecule has 1 heterocycles. The van der Waals surface area contributed by atoms with E-state index in [0.717, 1.165) is 27.2 Å². The fourth-order valence-electron chi connectivity index (χ4n) is 4.61. The number of benzene rings is 4. The summed E-state index contributed by atoms with van der Waals surface area (Å²) in [6.45, 7) is 0.689. The zero-order valence-corrected chi connectivity index (χ0v) is 19.3. The van der Waals surface area contributed by atoms with Gasteiger partial charge in [-0.15, -0.1) is 0 Å². The number of sulfonamides is 1. The van der Waals surface area contributed by atoms with Crippen LogP contribution in [0.2, 0.25) is 0 Å². The van der Waals surface area contributed by atoms with E-state index in [0.29, 0.717) is 30.8 Å². The van der Waals surface area contributed by atoms with Crippen LogP contribution in [0, 0.1) is 5.92 Å². The van der Waals surface area contributed by atoms with Gasteiger partial charge in [0.2, 0.25) is 15.9 Å². The van der Waals surface area contributed by atoms with Crippen LogP contribution >= 0.6 is 0 Å². The minimum absolute atomic E-state index is 0.0352. The quantitative estimate of drug-likeness (QED) is 0.430. The maximum Gasteiger partial charge on any atom is 0.243 e. The summed E-state index contributed by atoms with van der Waals surface area (Å²) in [5, 5.41) is 4.14. The lowest BCUT2D eigenvalue weighted by atomic mass is 9.96. The van der Waals surface area contributed by atoms with Gasteiger partial charge in [-0.05, 0) is 58.7 Å². The predicted octanol–water partition coefficient (Wildman–Crippen LogP) is 5.06. The van der Waals surface area contributed by atoms with E-state index < -0.39 is 10.0 Å². The number of anilines is 1. The van der Waals surface area contributed by atoms with Gasteiger partial charge in [0.25, 0.3) is 0 Å². The van der Waals surface area contributed by atoms with Gasteiger partial charge in [-0.1, -0.05) is 60.7 Å². The summed E-state index contributed by atoms with van der Waals surface area (Å²) in [5.74, 6) is -0.155. The van der Waals surface area contributed by atoms with Crippen molar-refractivity contribution in [3.8, 4) is 0 Å². The third-order valence-electron chi connectivity index (χ3n) is 6.61. The molecule has 0 aliphatic carbocycles. The van der Waals surface area contributed by atoms with Crippen LogP contribution in [-0.2, 0) is 14.8 Å². The van der Waals surface area contributed by atoms with Gasteiger partial charge < -0.3 is 4.90 Å². The maximum atomic E-state index is 13.2. The van der Waals surface area contributed by atoms with E-state index in [1.165, 1.54) is 4.31 Å². The van der Waals surface area contributed by atoms with E-state index in [9.17, 15) is 13.2 Å². The molecular weight excluding hydrogens is 432 g/mol. The van der Waals surface area contributed by atoms with E-state index in [1.54, 1.807) is 24.1 Å². The number of rotatable bonds is 4. The molecule has 0 N–H and O–H groups in total. The van der Waals surface area contributed by atoms with Gasteiger partial charge in [0.05, 0.1) is 4.90 Å². The molecular formula is C27H26N2O3S. The molecule has 5 rings (SSSR count). The number of carbonyl (C=O) groups is 1. The van der Waals surface area contributed by atoms with Gasteiger partial charge in [-0.3, -0.25) is 4.79 Å². The third-order valence-corrected chi connectivity index (χ3v) is 8.51. The fraction of sp³-hybridized carbons (Fsp3) is 0.222. The first-order valence-electron chi connectivity index (χ1n) is 11.2. The van der Waals surface area contributed by atoms with Crippen LogP contribution < -0.4 is 4.90 Å². The molecule has 1 aliphatic rings. The maximum absolute atomic E-state index is 13.2. The second-order valence-corrected chi connectivity index (χ2v) is 10.6. The highest BCUT2D eigenvalue weighted by molar-refractivity contribution is 7.89. The monoisotopic (exact) mass is 458 g/mol. The van der Waals surface area contributed by atoms with Crippen LogP contribution in [0.5, 0.6) is 0 Å². The minimum atomic E-state index is -3.59. The van der Waals surface area contributed by atoms with Gasteiger partial charge >= 0.3 is 0 Å². The van der Waals surface area contributed by atoms with Crippen LogP contribution in [-0.4, -0.2) is 38.8 Å². The summed E-state index contributed by atoms with van der Waals surface area (Å²) in [7, 11) is -1.79. The summed E-state index contributed by atoms with van der Waals surface area (Å²) in [5.41, 5.74) is 0.852. The average molecular weight is 459 g/mol. The summed E-state index contributed by atoms with van der Waals surface area (Å²) in [6.07, 6.45) is 1.03. The number of hydrogen-bond acceptors (Lipinski definition) is 3. The first-order chi connectivity index (χ1) is 15.9. The standard InChI is InChI=1S/C27H26N2O3S/c1-28(25-12-10-20-6-2-4-8-23(20)18-25)27(30)22-14-16-29(17-15-22)33(31,32)26-13-11-21-7-3-5-9-24(21)19-26/h2-13,18-19,22H,14-17H2,1H3. The van der Waals surface area contributed by atoms with Gasteiger partial charge in [0.1, 0.15) is 0 Å². The Labute approximate surface area is 194 Å². The van der Waals surface area contributed by atoms with Crippen LogP contribution in [0.25, 0.3) is 21.5 Å². The SMILES string of the molecule is CN(C(=O)C1CCN(S(=O)(=O)c2ccc3ccccc3c2)CC1)c1ccc2ccccc2c1. The Morgan fingerprint density at radius 2 is 1.33 bits per heavy atom. The molecule has 4 aromatic rings. The molecule has 0 saturated carbocycles. The Morgan fingerprint density at radius 1 is 0.788 bits per heavy atom. The molecule has 0 unspecified atom stereocenters. The molecule has 0 atom stereocenters. The Bertz CT molecular complexity index is 1440. The van der Waals surface area contributed by atoms with Crippen molar-refractivity contribution in [1.82, 2.24) is 4.31 Å². The lowest BCUT2D eigenvalue weighted by molar-refractivity contribution is -0.123. The lowest BCUT2D eigenvalue weighted by Gasteiger charge is -2.32. The molecule has 168 valence electrons. The highest BCUT2D eigenvalue weighted by Crippen LogP contribution is 2.29. The molecule has 5 nitrogen and oxygen atoms in total. The molecule has 0 radical (unpaired) electrons. The minimum Gasteiger partial charge on any atom is -0.315 e. The molecule has 0 aromatic heterocycles. The highest BCUT2D eigenvalue weighted by Gasteiger charge is 2.33. The zero-order chi connectivity index (χ0) is 23.0. The van der Waals surface area contributed by atoms with E-state index >= 15 is 0 Å². The van der Waals surface area contributed by atoms with Crippen LogP contribution in [0.4, 0.5) is 5.69 Å². The number of hydrogen-bond donors (Lipinski definition) is 0. The number of amides is 1. The van der Waals surface area contributed by atoms with Crippen LogP contribution in [0.15, 0.2) is 89.8 Å². The largest absolute Gasteiger partial charge is 0.315 e. The van der Waals surface area contributed by atoms with Crippen molar-refractivity contribution < 1.29 is 13.2 Å². The molecule has 1 aliphatic heterocycles. The zero-order valence-electron chi connectivity index (χ0n) is 18.5. The number of piperidine rings is 1. The number of fused-ring (bicyclic) bond motifs is 2. The molecule has 33 heavy (non-hydrogen) atoms. The second-order valence-electron chi connectivity index (χ2n) is 8.62. The van der Waals surface area contributed by atoms with Crippen molar-refractivity contribution in [2.24, 2.45) is 5.92 Å². The smallest absolute Gasteiger partial charge is 0.243 e. The summed E-state index contributed by atoms with van der Waals surface area (Å²) < 4.78 is 27.9. The van der Waals surface area contributed by atoms with E-state index in [4.69, 9.17) is 0 Å². The van der Waals surface area contributed by atoms with Crippen molar-refractivity contribution in [3.63, 3.8) is 0 Å². The Kier molecular flexibility index (Phi) is 5.64. The average Bonchev–Trinajstić information content (AvgIpc) is 2.87. The Morgan fingerprint density at radius 3 is 1.97 bits per heavy atom. The lowest BCUT2D eigenvalue weighted by Crippen LogP contribution is -2.43. The predicted molar refractivity (Wildman–Crippen MR) is 133 cm³/mol. The molecule has 6 heteroatoms. The third kappa shape index (κ3) is 4.12. The summed E-state index contributed by atoms with van der Waals surface area (Å²) >= 11 is 0. The fourth-order valence-corrected chi connectivity index (χ4v) is 6.11. The van der Waals surface area contributed by atoms with Gasteiger partial charge in [-0.25, -0.2) is 8.42 Å². The van der Waals surface area contributed by atoms with Crippen molar-refractivity contribution in [1.29, 1.82) is 0 Å². The van der Waals surface area contributed by atoms with Crippen molar-refractivity contribution in [2.45, 2.75) is 17.7 Å². The van der Waals surface area contributed by atoms with E-state index in [2.05, 4.69) is 0 Å². The second kappa shape index (κ2) is 8.61. The van der Waals surface area contributed by atoms with Crippen molar-refractivity contribution >= 4 is 43.2 Å². The van der Waals surface area contributed by atoms with Crippen LogP contribution in [0.1, 0.15) is 12.8 Å². The molecule has 1 fully saturated rings. The Balaban J connectivity index is 1.28. The molecule has 1 amide bonds. The first kappa shape index (κ1) is 21.6. The van der Waals surface area contributed by atoms with Gasteiger partial charge in [0, 0.05) is 31.7 Å². The normalized spacial score (nSPS) is 15.7. The van der Waals surface area contributed by atoms with Gasteiger partial charge in [-0.2, -0.15) is 4.31 Å². The molecule has 4 aromatic carbocycles. The molecule has 0 bridgehead atoms.